The highest BCUT2D eigenvalue weighted by Gasteiger charge is 2.08. The number of nitrogens with one attached hydrogen (secondary N) is 1. The fraction of sp³-hybridized carbons (Fsp3) is 1.00. The third-order valence-electron chi connectivity index (χ3n) is 2.27. The molecule has 0 bridgehead atoms. The van der Waals surface area contributed by atoms with Gasteiger partial charge < -0.3 is 5.32 Å². The van der Waals surface area contributed by atoms with Crippen LogP contribution in [0.1, 0.15) is 47.5 Å². The topological polar surface area (TPSA) is 12.0 Å². The van der Waals surface area contributed by atoms with E-state index >= 15 is 0 Å². The Morgan fingerprint density at radius 1 is 1.09 bits per heavy atom. The molecule has 0 aromatic heterocycles. The summed E-state index contributed by atoms with van der Waals surface area (Å²) in [5, 5.41) is 3.58. The zero-order valence-electron chi connectivity index (χ0n) is 8.65. The van der Waals surface area contributed by atoms with Crippen LogP contribution < -0.4 is 5.32 Å². The lowest BCUT2D eigenvalue weighted by atomic mass is 10.0. The summed E-state index contributed by atoms with van der Waals surface area (Å²) in [6.45, 7) is 11.3. The van der Waals surface area contributed by atoms with Crippen molar-refractivity contribution in [1.82, 2.24) is 5.32 Å². The standard InChI is InChI=1S/C10H23N/c1-6-7-9(4)11-10(5)8(2)3/h8-11H,6-7H2,1-5H3/t9?,10-/m0/s1. The quantitative estimate of drug-likeness (QED) is 0.647. The van der Waals surface area contributed by atoms with Gasteiger partial charge in [-0.05, 0) is 26.2 Å². The third-order valence-corrected chi connectivity index (χ3v) is 2.27. The first-order valence-electron chi connectivity index (χ1n) is 4.84. The Labute approximate surface area is 71.6 Å². The monoisotopic (exact) mass is 157 g/mol. The average molecular weight is 157 g/mol. The molecule has 0 saturated carbocycles. The fourth-order valence-electron chi connectivity index (χ4n) is 1.16. The van der Waals surface area contributed by atoms with E-state index in [1.165, 1.54) is 12.8 Å². The summed E-state index contributed by atoms with van der Waals surface area (Å²) < 4.78 is 0. The first kappa shape index (κ1) is 11.0. The SMILES string of the molecule is CCCC(C)N[C@@H](C)C(C)C. The Morgan fingerprint density at radius 2 is 1.64 bits per heavy atom. The number of hydrogen-bond donors (Lipinski definition) is 1. The summed E-state index contributed by atoms with van der Waals surface area (Å²) in [6.07, 6.45) is 2.57. The third kappa shape index (κ3) is 5.25. The van der Waals surface area contributed by atoms with Gasteiger partial charge in [0.15, 0.2) is 0 Å². The van der Waals surface area contributed by atoms with E-state index in [0.717, 1.165) is 5.92 Å². The molecule has 68 valence electrons. The van der Waals surface area contributed by atoms with E-state index in [9.17, 15) is 0 Å². The van der Waals surface area contributed by atoms with Crippen LogP contribution in [0.5, 0.6) is 0 Å². The van der Waals surface area contributed by atoms with E-state index in [0.29, 0.717) is 12.1 Å². The van der Waals surface area contributed by atoms with E-state index in [4.69, 9.17) is 0 Å². The van der Waals surface area contributed by atoms with Gasteiger partial charge in [0.2, 0.25) is 0 Å². The summed E-state index contributed by atoms with van der Waals surface area (Å²) >= 11 is 0. The molecular formula is C10H23N. The Bertz CT molecular complexity index is 88.9. The molecule has 0 fully saturated rings. The second-order valence-electron chi connectivity index (χ2n) is 3.89. The molecule has 1 heteroatoms. The van der Waals surface area contributed by atoms with Crippen LogP contribution in [0, 0.1) is 5.92 Å². The van der Waals surface area contributed by atoms with Crippen LogP contribution in [0.25, 0.3) is 0 Å². The molecule has 1 nitrogen and oxygen atoms in total. The molecule has 0 saturated heterocycles. The van der Waals surface area contributed by atoms with E-state index in [1.54, 1.807) is 0 Å². The molecule has 1 N–H and O–H groups in total. The zero-order chi connectivity index (χ0) is 8.85. The van der Waals surface area contributed by atoms with Crippen LogP contribution >= 0.6 is 0 Å². The van der Waals surface area contributed by atoms with Crippen molar-refractivity contribution in [3.63, 3.8) is 0 Å². The summed E-state index contributed by atoms with van der Waals surface area (Å²) in [5.41, 5.74) is 0. The highest BCUT2D eigenvalue weighted by Crippen LogP contribution is 2.03. The van der Waals surface area contributed by atoms with Crippen LogP contribution in [-0.4, -0.2) is 12.1 Å². The maximum absolute atomic E-state index is 3.58. The molecular weight excluding hydrogens is 134 g/mol. The van der Waals surface area contributed by atoms with Gasteiger partial charge >= 0.3 is 0 Å². The molecule has 0 aliphatic heterocycles. The number of rotatable bonds is 5. The van der Waals surface area contributed by atoms with Crippen molar-refractivity contribution in [1.29, 1.82) is 0 Å². The second kappa shape index (κ2) is 5.59. The Morgan fingerprint density at radius 3 is 2.00 bits per heavy atom. The van der Waals surface area contributed by atoms with E-state index in [2.05, 4.69) is 39.9 Å². The molecule has 0 spiro atoms. The smallest absolute Gasteiger partial charge is 0.00642 e. The Hall–Kier alpha value is -0.0400. The Kier molecular flexibility index (Phi) is 5.57. The lowest BCUT2D eigenvalue weighted by Crippen LogP contribution is -2.37. The van der Waals surface area contributed by atoms with E-state index in [-0.39, 0.29) is 0 Å². The maximum atomic E-state index is 3.58. The molecule has 0 aromatic carbocycles. The van der Waals surface area contributed by atoms with Gasteiger partial charge in [-0.15, -0.1) is 0 Å². The van der Waals surface area contributed by atoms with Crippen molar-refractivity contribution in [2.75, 3.05) is 0 Å². The molecule has 0 aromatic rings. The molecule has 2 atom stereocenters. The van der Waals surface area contributed by atoms with Gasteiger partial charge in [-0.25, -0.2) is 0 Å². The van der Waals surface area contributed by atoms with Gasteiger partial charge in [-0.2, -0.15) is 0 Å². The summed E-state index contributed by atoms with van der Waals surface area (Å²) in [4.78, 5) is 0. The van der Waals surface area contributed by atoms with Gasteiger partial charge in [0, 0.05) is 12.1 Å². The van der Waals surface area contributed by atoms with Gasteiger partial charge in [-0.1, -0.05) is 27.2 Å². The molecule has 0 heterocycles. The lowest BCUT2D eigenvalue weighted by molar-refractivity contribution is 0.371. The molecule has 0 radical (unpaired) electrons. The molecule has 11 heavy (non-hydrogen) atoms. The van der Waals surface area contributed by atoms with Gasteiger partial charge in [0.25, 0.3) is 0 Å². The summed E-state index contributed by atoms with van der Waals surface area (Å²) in [7, 11) is 0. The largest absolute Gasteiger partial charge is 0.312 e. The predicted octanol–water partition coefficient (Wildman–Crippen LogP) is 2.81. The van der Waals surface area contributed by atoms with Crippen molar-refractivity contribution in [3.8, 4) is 0 Å². The van der Waals surface area contributed by atoms with Crippen LogP contribution in [-0.2, 0) is 0 Å². The van der Waals surface area contributed by atoms with Crippen LogP contribution in [0.15, 0.2) is 0 Å². The first-order chi connectivity index (χ1) is 5.07. The zero-order valence-corrected chi connectivity index (χ0v) is 8.65. The summed E-state index contributed by atoms with van der Waals surface area (Å²) in [6, 6.07) is 1.33. The van der Waals surface area contributed by atoms with Crippen LogP contribution in [0.3, 0.4) is 0 Å². The van der Waals surface area contributed by atoms with Gasteiger partial charge in [0.1, 0.15) is 0 Å². The highest BCUT2D eigenvalue weighted by atomic mass is 14.9. The Balaban J connectivity index is 3.48. The lowest BCUT2D eigenvalue weighted by Gasteiger charge is -2.22. The van der Waals surface area contributed by atoms with Gasteiger partial charge in [0.05, 0.1) is 0 Å². The molecule has 0 amide bonds. The summed E-state index contributed by atoms with van der Waals surface area (Å²) in [5.74, 6) is 0.745. The molecule has 1 unspecified atom stereocenters. The minimum Gasteiger partial charge on any atom is -0.312 e. The van der Waals surface area contributed by atoms with Crippen molar-refractivity contribution in [2.45, 2.75) is 59.5 Å². The van der Waals surface area contributed by atoms with Crippen molar-refractivity contribution >= 4 is 0 Å². The minimum absolute atomic E-state index is 0.650. The van der Waals surface area contributed by atoms with Gasteiger partial charge in [-0.3, -0.25) is 0 Å². The highest BCUT2D eigenvalue weighted by molar-refractivity contribution is 4.69. The molecule has 0 rings (SSSR count). The molecule has 0 aliphatic rings. The van der Waals surface area contributed by atoms with Crippen molar-refractivity contribution < 1.29 is 0 Å². The second-order valence-corrected chi connectivity index (χ2v) is 3.89. The van der Waals surface area contributed by atoms with E-state index < -0.39 is 0 Å². The van der Waals surface area contributed by atoms with Crippen LogP contribution in [0.4, 0.5) is 0 Å². The minimum atomic E-state index is 0.650. The van der Waals surface area contributed by atoms with Crippen molar-refractivity contribution in [2.24, 2.45) is 5.92 Å². The van der Waals surface area contributed by atoms with Crippen molar-refractivity contribution in [3.05, 3.63) is 0 Å². The van der Waals surface area contributed by atoms with E-state index in [1.807, 2.05) is 0 Å². The number of hydrogen-bond acceptors (Lipinski definition) is 1. The predicted molar refractivity (Wildman–Crippen MR) is 51.8 cm³/mol. The maximum Gasteiger partial charge on any atom is 0.00642 e. The van der Waals surface area contributed by atoms with Crippen LogP contribution in [0.2, 0.25) is 0 Å². The first-order valence-corrected chi connectivity index (χ1v) is 4.84. The fourth-order valence-corrected chi connectivity index (χ4v) is 1.16. The molecule has 0 aliphatic carbocycles. The average Bonchev–Trinajstić information content (AvgIpc) is 1.87. The normalized spacial score (nSPS) is 16.9.